The quantitative estimate of drug-likeness (QED) is 0.696. The Morgan fingerprint density at radius 3 is 2.68 bits per heavy atom. The molecule has 136 valence electrons. The first-order chi connectivity index (χ1) is 11.9. The molecule has 2 rings (SSSR count). The van der Waals surface area contributed by atoms with Crippen molar-refractivity contribution < 1.29 is 4.79 Å². The molecule has 0 aliphatic rings. The molecule has 0 saturated carbocycles. The summed E-state index contributed by atoms with van der Waals surface area (Å²) in [5.41, 5.74) is 0.435. The van der Waals surface area contributed by atoms with Crippen molar-refractivity contribution in [3.8, 4) is 0 Å². The van der Waals surface area contributed by atoms with Crippen molar-refractivity contribution in [2.45, 2.75) is 52.5 Å². The molecule has 0 fully saturated rings. The summed E-state index contributed by atoms with van der Waals surface area (Å²) >= 11 is 6.04. The average molecular weight is 364 g/mol. The van der Waals surface area contributed by atoms with E-state index in [0.717, 1.165) is 19.3 Å². The van der Waals surface area contributed by atoms with Crippen LogP contribution in [0.3, 0.4) is 0 Å². The van der Waals surface area contributed by atoms with E-state index in [9.17, 15) is 9.59 Å². The van der Waals surface area contributed by atoms with E-state index >= 15 is 0 Å². The van der Waals surface area contributed by atoms with Crippen LogP contribution in [-0.4, -0.2) is 26.9 Å². The molecule has 5 nitrogen and oxygen atoms in total. The summed E-state index contributed by atoms with van der Waals surface area (Å²) in [5, 5.41) is 1.06. The molecule has 25 heavy (non-hydrogen) atoms. The number of carbonyl (C=O) groups is 1. The molecular formula is C19H26ClN3O2. The fourth-order valence-corrected chi connectivity index (χ4v) is 3.28. The van der Waals surface area contributed by atoms with E-state index < -0.39 is 0 Å². The second-order valence-electron chi connectivity index (χ2n) is 6.31. The van der Waals surface area contributed by atoms with E-state index in [1.54, 1.807) is 30.1 Å². The molecule has 0 spiro atoms. The molecule has 0 saturated heterocycles. The van der Waals surface area contributed by atoms with Crippen molar-refractivity contribution in [2.75, 3.05) is 6.54 Å². The van der Waals surface area contributed by atoms with Crippen LogP contribution in [0.5, 0.6) is 0 Å². The van der Waals surface area contributed by atoms with Crippen molar-refractivity contribution in [1.29, 1.82) is 0 Å². The van der Waals surface area contributed by atoms with Crippen LogP contribution in [0.4, 0.5) is 0 Å². The van der Waals surface area contributed by atoms with Crippen LogP contribution >= 0.6 is 11.6 Å². The van der Waals surface area contributed by atoms with Gasteiger partial charge >= 0.3 is 0 Å². The SMILES string of the molecule is CCCCCC(=O)N(CC)C(C)c1nc2cc(Cl)ccc2c(=O)n1C. The van der Waals surface area contributed by atoms with Crippen LogP contribution in [0.2, 0.25) is 5.02 Å². The number of fused-ring (bicyclic) bond motifs is 1. The van der Waals surface area contributed by atoms with Gasteiger partial charge in [0, 0.05) is 25.0 Å². The van der Waals surface area contributed by atoms with Crippen LogP contribution in [0.15, 0.2) is 23.0 Å². The molecule has 0 aliphatic carbocycles. The molecule has 1 aromatic carbocycles. The minimum Gasteiger partial charge on any atom is -0.333 e. The fourth-order valence-electron chi connectivity index (χ4n) is 3.11. The summed E-state index contributed by atoms with van der Waals surface area (Å²) < 4.78 is 1.53. The predicted octanol–water partition coefficient (Wildman–Crippen LogP) is 4.08. The zero-order chi connectivity index (χ0) is 18.6. The summed E-state index contributed by atoms with van der Waals surface area (Å²) in [7, 11) is 1.70. The van der Waals surface area contributed by atoms with Gasteiger partial charge in [0.15, 0.2) is 0 Å². The van der Waals surface area contributed by atoms with Crippen LogP contribution in [0.25, 0.3) is 10.9 Å². The lowest BCUT2D eigenvalue weighted by molar-refractivity contribution is -0.133. The van der Waals surface area contributed by atoms with Gasteiger partial charge in [-0.1, -0.05) is 31.4 Å². The largest absolute Gasteiger partial charge is 0.333 e. The second kappa shape index (κ2) is 8.48. The molecule has 0 N–H and O–H groups in total. The summed E-state index contributed by atoms with van der Waals surface area (Å²) in [6.07, 6.45) is 3.54. The number of amides is 1. The van der Waals surface area contributed by atoms with Gasteiger partial charge in [-0.15, -0.1) is 0 Å². The number of halogens is 1. The van der Waals surface area contributed by atoms with E-state index in [0.29, 0.717) is 34.7 Å². The first kappa shape index (κ1) is 19.4. The Morgan fingerprint density at radius 1 is 1.32 bits per heavy atom. The molecule has 2 aromatic rings. The van der Waals surface area contributed by atoms with E-state index in [1.165, 1.54) is 4.57 Å². The lowest BCUT2D eigenvalue weighted by Crippen LogP contribution is -2.37. The minimum atomic E-state index is -0.278. The highest BCUT2D eigenvalue weighted by molar-refractivity contribution is 6.31. The van der Waals surface area contributed by atoms with Gasteiger partial charge in [-0.25, -0.2) is 4.98 Å². The number of hydrogen-bond acceptors (Lipinski definition) is 3. The number of unbranched alkanes of at least 4 members (excludes halogenated alkanes) is 2. The molecule has 6 heteroatoms. The Labute approximate surface area is 153 Å². The molecule has 1 atom stereocenters. The summed E-state index contributed by atoms with van der Waals surface area (Å²) in [6, 6.07) is 4.79. The first-order valence-corrected chi connectivity index (χ1v) is 9.24. The Bertz CT molecular complexity index is 816. The van der Waals surface area contributed by atoms with Gasteiger partial charge in [-0.2, -0.15) is 0 Å². The standard InChI is InChI=1S/C19H26ClN3O2/c1-5-7-8-9-17(24)23(6-2)13(3)18-21-16-12-14(20)10-11-15(16)19(25)22(18)4/h10-13H,5-9H2,1-4H3. The van der Waals surface area contributed by atoms with E-state index in [2.05, 4.69) is 11.9 Å². The number of carbonyl (C=O) groups excluding carboxylic acids is 1. The van der Waals surface area contributed by atoms with Gasteiger partial charge in [0.2, 0.25) is 5.91 Å². The maximum absolute atomic E-state index is 12.6. The van der Waals surface area contributed by atoms with Gasteiger partial charge in [0.05, 0.1) is 16.9 Å². The number of rotatable bonds is 7. The Hall–Kier alpha value is -1.88. The highest BCUT2D eigenvalue weighted by Gasteiger charge is 2.23. The first-order valence-electron chi connectivity index (χ1n) is 8.86. The Kier molecular flexibility index (Phi) is 6.59. The molecule has 0 bridgehead atoms. The Morgan fingerprint density at radius 2 is 2.04 bits per heavy atom. The molecule has 0 aliphatic heterocycles. The zero-order valence-corrected chi connectivity index (χ0v) is 16.1. The van der Waals surface area contributed by atoms with Crippen LogP contribution in [0.1, 0.15) is 58.3 Å². The van der Waals surface area contributed by atoms with Gasteiger partial charge in [-0.3, -0.25) is 14.2 Å². The predicted molar refractivity (Wildman–Crippen MR) is 102 cm³/mol. The van der Waals surface area contributed by atoms with Crippen molar-refractivity contribution in [2.24, 2.45) is 7.05 Å². The van der Waals surface area contributed by atoms with Crippen LogP contribution < -0.4 is 5.56 Å². The van der Waals surface area contributed by atoms with Crippen molar-refractivity contribution >= 4 is 28.4 Å². The van der Waals surface area contributed by atoms with Crippen LogP contribution in [-0.2, 0) is 11.8 Å². The zero-order valence-electron chi connectivity index (χ0n) is 15.4. The summed E-state index contributed by atoms with van der Waals surface area (Å²) in [6.45, 7) is 6.56. The number of hydrogen-bond donors (Lipinski definition) is 0. The minimum absolute atomic E-state index is 0.101. The summed E-state index contributed by atoms with van der Waals surface area (Å²) in [5.74, 6) is 0.675. The molecule has 1 unspecified atom stereocenters. The van der Waals surface area contributed by atoms with Crippen LogP contribution in [0, 0.1) is 0 Å². The smallest absolute Gasteiger partial charge is 0.261 e. The third kappa shape index (κ3) is 4.21. The maximum Gasteiger partial charge on any atom is 0.261 e. The van der Waals surface area contributed by atoms with Crippen molar-refractivity contribution in [1.82, 2.24) is 14.5 Å². The van der Waals surface area contributed by atoms with Gasteiger partial charge in [0.1, 0.15) is 5.82 Å². The van der Waals surface area contributed by atoms with Gasteiger partial charge in [0.25, 0.3) is 5.56 Å². The van der Waals surface area contributed by atoms with E-state index in [4.69, 9.17) is 11.6 Å². The number of benzene rings is 1. The molecule has 0 radical (unpaired) electrons. The van der Waals surface area contributed by atoms with Gasteiger partial charge in [-0.05, 0) is 38.5 Å². The number of nitrogens with zero attached hydrogens (tertiary/aromatic N) is 3. The number of aromatic nitrogens is 2. The topological polar surface area (TPSA) is 55.2 Å². The van der Waals surface area contributed by atoms with Crippen molar-refractivity contribution in [3.05, 3.63) is 39.4 Å². The normalized spacial score (nSPS) is 12.4. The average Bonchev–Trinajstić information content (AvgIpc) is 2.58. The molecular weight excluding hydrogens is 338 g/mol. The maximum atomic E-state index is 12.6. The second-order valence-corrected chi connectivity index (χ2v) is 6.74. The third-order valence-electron chi connectivity index (χ3n) is 4.57. The lowest BCUT2D eigenvalue weighted by atomic mass is 10.1. The van der Waals surface area contributed by atoms with E-state index in [1.807, 2.05) is 13.8 Å². The highest BCUT2D eigenvalue weighted by atomic mass is 35.5. The van der Waals surface area contributed by atoms with Crippen molar-refractivity contribution in [3.63, 3.8) is 0 Å². The fraction of sp³-hybridized carbons (Fsp3) is 0.526. The summed E-state index contributed by atoms with van der Waals surface area (Å²) in [4.78, 5) is 31.6. The van der Waals surface area contributed by atoms with E-state index in [-0.39, 0.29) is 17.5 Å². The lowest BCUT2D eigenvalue weighted by Gasteiger charge is -2.29. The third-order valence-corrected chi connectivity index (χ3v) is 4.80. The molecule has 1 aromatic heterocycles. The molecule has 1 heterocycles. The highest BCUT2D eigenvalue weighted by Crippen LogP contribution is 2.22. The van der Waals surface area contributed by atoms with Gasteiger partial charge < -0.3 is 4.90 Å². The monoisotopic (exact) mass is 363 g/mol. The Balaban J connectivity index is 2.39. The molecule has 1 amide bonds.